The van der Waals surface area contributed by atoms with Crippen molar-refractivity contribution in [3.63, 3.8) is 0 Å². The maximum absolute atomic E-state index is 12.5. The number of aryl methyl sites for hydroxylation is 2. The second-order valence-electron chi connectivity index (χ2n) is 6.60. The van der Waals surface area contributed by atoms with Crippen molar-refractivity contribution in [2.45, 2.75) is 25.5 Å². The third-order valence-electron chi connectivity index (χ3n) is 4.28. The number of aliphatic imine (C=N–C) groups is 1. The number of H-pyrrole nitrogens is 1. The Labute approximate surface area is 183 Å². The van der Waals surface area contributed by atoms with E-state index in [1.807, 2.05) is 30.5 Å². The zero-order chi connectivity index (χ0) is 21.3. The Balaban J connectivity index is 1.45. The summed E-state index contributed by atoms with van der Waals surface area (Å²) in [7, 11) is 0. The molecule has 0 unspecified atom stereocenters. The fourth-order valence-electron chi connectivity index (χ4n) is 2.85. The van der Waals surface area contributed by atoms with E-state index in [-0.39, 0.29) is 11.5 Å². The SMILES string of the molecule is Cc1nc(NCCSCc2csc(N=C(N)N)n2)[nH]c(=O)c1CCc1ccccc1. The molecule has 6 N–H and O–H groups in total. The third-order valence-corrected chi connectivity index (χ3v) is 6.06. The van der Waals surface area contributed by atoms with Crippen LogP contribution < -0.4 is 22.3 Å². The Kier molecular flexibility index (Phi) is 7.86. The second-order valence-corrected chi connectivity index (χ2v) is 8.54. The third kappa shape index (κ3) is 6.60. The molecule has 8 nitrogen and oxygen atoms in total. The maximum Gasteiger partial charge on any atom is 0.255 e. The van der Waals surface area contributed by atoms with Crippen molar-refractivity contribution < 1.29 is 0 Å². The number of anilines is 1. The van der Waals surface area contributed by atoms with Crippen molar-refractivity contribution in [3.05, 3.63) is 68.6 Å². The average Bonchev–Trinajstić information content (AvgIpc) is 3.14. The number of nitrogens with zero attached hydrogens (tertiary/aromatic N) is 3. The van der Waals surface area contributed by atoms with E-state index < -0.39 is 0 Å². The predicted octanol–water partition coefficient (Wildman–Crippen LogP) is 2.57. The Morgan fingerprint density at radius 3 is 2.77 bits per heavy atom. The molecule has 0 radical (unpaired) electrons. The topological polar surface area (TPSA) is 135 Å². The van der Waals surface area contributed by atoms with Crippen LogP contribution in [-0.2, 0) is 18.6 Å². The molecule has 0 bridgehead atoms. The number of thiazole rings is 1. The van der Waals surface area contributed by atoms with E-state index in [1.54, 1.807) is 11.8 Å². The average molecular weight is 444 g/mol. The number of hydrogen-bond acceptors (Lipinski definition) is 7. The van der Waals surface area contributed by atoms with E-state index in [2.05, 4.69) is 37.4 Å². The van der Waals surface area contributed by atoms with Crippen LogP contribution in [0.4, 0.5) is 11.1 Å². The summed E-state index contributed by atoms with van der Waals surface area (Å²) in [5.41, 5.74) is 14.3. The zero-order valence-electron chi connectivity index (χ0n) is 16.7. The zero-order valence-corrected chi connectivity index (χ0v) is 18.4. The van der Waals surface area contributed by atoms with Crippen molar-refractivity contribution in [2.75, 3.05) is 17.6 Å². The van der Waals surface area contributed by atoms with Gasteiger partial charge in [-0.05, 0) is 25.3 Å². The molecule has 3 aromatic rings. The van der Waals surface area contributed by atoms with E-state index in [0.29, 0.717) is 24.0 Å². The van der Waals surface area contributed by atoms with E-state index in [0.717, 1.165) is 34.9 Å². The summed E-state index contributed by atoms with van der Waals surface area (Å²) >= 11 is 3.13. The van der Waals surface area contributed by atoms with Crippen LogP contribution in [0.15, 0.2) is 45.5 Å². The van der Waals surface area contributed by atoms with Gasteiger partial charge in [0.05, 0.1) is 5.69 Å². The summed E-state index contributed by atoms with van der Waals surface area (Å²) in [6, 6.07) is 10.1. The Hall–Kier alpha value is -2.85. The van der Waals surface area contributed by atoms with Crippen LogP contribution in [0.3, 0.4) is 0 Å². The molecule has 0 fully saturated rings. The maximum atomic E-state index is 12.5. The Bertz CT molecular complexity index is 1040. The number of thioether (sulfide) groups is 1. The highest BCUT2D eigenvalue weighted by Crippen LogP contribution is 2.21. The van der Waals surface area contributed by atoms with Crippen LogP contribution >= 0.6 is 23.1 Å². The monoisotopic (exact) mass is 443 g/mol. The molecule has 0 amide bonds. The van der Waals surface area contributed by atoms with Gasteiger partial charge in [-0.25, -0.2) is 9.97 Å². The molecule has 0 saturated carbocycles. The lowest BCUT2D eigenvalue weighted by Gasteiger charge is -2.09. The number of hydrogen-bond donors (Lipinski definition) is 4. The van der Waals surface area contributed by atoms with Gasteiger partial charge in [0.25, 0.3) is 5.56 Å². The molecule has 0 aliphatic carbocycles. The summed E-state index contributed by atoms with van der Waals surface area (Å²) in [5.74, 6) is 2.12. The van der Waals surface area contributed by atoms with Crippen LogP contribution in [0.1, 0.15) is 22.5 Å². The number of nitrogens with two attached hydrogens (primary N) is 2. The van der Waals surface area contributed by atoms with Crippen LogP contribution in [0, 0.1) is 6.92 Å². The first-order valence-electron chi connectivity index (χ1n) is 9.50. The molecule has 0 saturated heterocycles. The highest BCUT2D eigenvalue weighted by molar-refractivity contribution is 7.98. The number of aromatic amines is 1. The molecule has 0 spiro atoms. The minimum absolute atomic E-state index is 0.00984. The normalized spacial score (nSPS) is 10.7. The first-order valence-corrected chi connectivity index (χ1v) is 11.5. The van der Waals surface area contributed by atoms with Crippen LogP contribution in [0.25, 0.3) is 0 Å². The molecule has 3 rings (SSSR count). The highest BCUT2D eigenvalue weighted by atomic mass is 32.2. The molecule has 10 heteroatoms. The van der Waals surface area contributed by atoms with E-state index in [4.69, 9.17) is 11.5 Å². The van der Waals surface area contributed by atoms with Crippen LogP contribution in [-0.4, -0.2) is 33.2 Å². The van der Waals surface area contributed by atoms with Crippen molar-refractivity contribution in [1.82, 2.24) is 15.0 Å². The summed E-state index contributed by atoms with van der Waals surface area (Å²) in [6.07, 6.45) is 1.49. The lowest BCUT2D eigenvalue weighted by atomic mass is 10.0. The molecular weight excluding hydrogens is 418 g/mol. The number of benzene rings is 1. The van der Waals surface area contributed by atoms with Gasteiger partial charge in [-0.15, -0.1) is 11.3 Å². The predicted molar refractivity (Wildman–Crippen MR) is 126 cm³/mol. The fraction of sp³-hybridized carbons (Fsp3) is 0.300. The van der Waals surface area contributed by atoms with Crippen LogP contribution in [0.5, 0.6) is 0 Å². The molecule has 158 valence electrons. The van der Waals surface area contributed by atoms with Gasteiger partial charge in [-0.3, -0.25) is 9.78 Å². The van der Waals surface area contributed by atoms with Crippen molar-refractivity contribution in [1.29, 1.82) is 0 Å². The van der Waals surface area contributed by atoms with E-state index in [9.17, 15) is 4.79 Å². The first-order chi connectivity index (χ1) is 14.5. The second kappa shape index (κ2) is 10.8. The molecule has 0 aliphatic rings. The number of aromatic nitrogens is 3. The molecule has 2 heterocycles. The van der Waals surface area contributed by atoms with Gasteiger partial charge >= 0.3 is 0 Å². The largest absolute Gasteiger partial charge is 0.370 e. The minimum Gasteiger partial charge on any atom is -0.370 e. The van der Waals surface area contributed by atoms with Gasteiger partial charge in [0, 0.05) is 34.7 Å². The Morgan fingerprint density at radius 1 is 1.23 bits per heavy atom. The minimum atomic E-state index is -0.0803. The van der Waals surface area contributed by atoms with Crippen molar-refractivity contribution >= 4 is 40.1 Å². The standard InChI is InChI=1S/C20H25N7OS2/c1-13-16(8-7-14-5-3-2-4-6-14)17(28)26-19(24-13)23-9-10-29-11-15-12-30-20(25-15)27-18(21)22/h2-6,12H,7-11H2,1H3,(H4,21,22,25,27)(H2,23,24,26,28). The van der Waals surface area contributed by atoms with E-state index in [1.165, 1.54) is 16.9 Å². The van der Waals surface area contributed by atoms with Crippen LogP contribution in [0.2, 0.25) is 0 Å². The van der Waals surface area contributed by atoms with Gasteiger partial charge in [0.15, 0.2) is 5.96 Å². The lowest BCUT2D eigenvalue weighted by Crippen LogP contribution is -2.21. The molecule has 0 aliphatic heterocycles. The van der Waals surface area contributed by atoms with Gasteiger partial charge in [-0.1, -0.05) is 30.3 Å². The molecule has 2 aromatic heterocycles. The van der Waals surface area contributed by atoms with E-state index >= 15 is 0 Å². The van der Waals surface area contributed by atoms with Gasteiger partial charge in [0.2, 0.25) is 11.1 Å². The first kappa shape index (κ1) is 21.8. The smallest absolute Gasteiger partial charge is 0.255 e. The molecular formula is C20H25N7OS2. The highest BCUT2D eigenvalue weighted by Gasteiger charge is 2.08. The molecule has 1 aromatic carbocycles. The number of nitrogens with one attached hydrogen (secondary N) is 2. The van der Waals surface area contributed by atoms with Gasteiger partial charge in [-0.2, -0.15) is 16.8 Å². The van der Waals surface area contributed by atoms with Crippen molar-refractivity contribution in [3.8, 4) is 0 Å². The summed E-state index contributed by atoms with van der Waals surface area (Å²) < 4.78 is 0. The summed E-state index contributed by atoms with van der Waals surface area (Å²) in [6.45, 7) is 2.56. The summed E-state index contributed by atoms with van der Waals surface area (Å²) in [5, 5.41) is 5.69. The van der Waals surface area contributed by atoms with Gasteiger partial charge < -0.3 is 16.8 Å². The Morgan fingerprint density at radius 2 is 2.03 bits per heavy atom. The number of guanidine groups is 1. The van der Waals surface area contributed by atoms with Gasteiger partial charge in [0.1, 0.15) is 0 Å². The molecule has 0 atom stereocenters. The quantitative estimate of drug-likeness (QED) is 0.215. The number of rotatable bonds is 10. The van der Waals surface area contributed by atoms with Crippen molar-refractivity contribution in [2.24, 2.45) is 16.5 Å². The summed E-state index contributed by atoms with van der Waals surface area (Å²) in [4.78, 5) is 28.1. The fourth-order valence-corrected chi connectivity index (χ4v) is 4.40. The molecule has 30 heavy (non-hydrogen) atoms. The lowest BCUT2D eigenvalue weighted by molar-refractivity contribution is 0.888.